The number of rotatable bonds is 14. The van der Waals surface area contributed by atoms with E-state index in [0.717, 1.165) is 6.07 Å². The minimum Gasteiger partial charge on any atom is -0.493 e. The molecule has 2 aromatic rings. The third-order valence-electron chi connectivity index (χ3n) is 6.07. The minimum absolute atomic E-state index is 0. The van der Waals surface area contributed by atoms with Crippen molar-refractivity contribution in [1.29, 1.82) is 0 Å². The highest BCUT2D eigenvalue weighted by atomic mass is 35.5. The summed E-state index contributed by atoms with van der Waals surface area (Å²) in [7, 11) is -9.05. The molecule has 43 heavy (non-hydrogen) atoms. The van der Waals surface area contributed by atoms with E-state index >= 15 is 0 Å². The van der Waals surface area contributed by atoms with Crippen LogP contribution in [0.3, 0.4) is 0 Å². The molecule has 0 bridgehead atoms. The lowest BCUT2D eigenvalue weighted by molar-refractivity contribution is -0.801. The van der Waals surface area contributed by atoms with Crippen molar-refractivity contribution in [2.75, 3.05) is 52.5 Å². The molecule has 1 aliphatic rings. The van der Waals surface area contributed by atoms with Crippen LogP contribution in [0, 0.1) is 6.92 Å². The molecule has 0 atom stereocenters. The number of carbonyl (C=O) groups excluding carboxylic acids is 1. The lowest BCUT2D eigenvalue weighted by atomic mass is 10.2. The standard InChI is InChI=1S/C25H36N5O9S2.2ClH/c1-3-36-24(31)18-30(11-9-28-10-12-30)40(32,33)22-7-4-5-8-23(22)41(34,35)39-21-16-19(2)15-20(17-21)37-13-6-14-38-29-25(26)27;;/h4-5,7-8,15-17,28H,3,6,9-14,18H2,1-2H3,(H4,26,27,29);2*1H/q+1;;. The van der Waals surface area contributed by atoms with Gasteiger partial charge in [0.2, 0.25) is 5.96 Å². The predicted molar refractivity (Wildman–Crippen MR) is 163 cm³/mol. The molecule has 0 amide bonds. The first-order chi connectivity index (χ1) is 19.4. The summed E-state index contributed by atoms with van der Waals surface area (Å²) in [6.07, 6.45) is 0.436. The quantitative estimate of drug-likeness (QED) is 0.0490. The fourth-order valence-corrected chi connectivity index (χ4v) is 7.81. The van der Waals surface area contributed by atoms with Crippen LogP contribution >= 0.6 is 24.8 Å². The average Bonchev–Trinajstić information content (AvgIpc) is 2.90. The van der Waals surface area contributed by atoms with Crippen molar-refractivity contribution in [1.82, 2.24) is 5.32 Å². The number of nitrogens with two attached hydrogens (primary N) is 2. The van der Waals surface area contributed by atoms with Crippen molar-refractivity contribution in [2.24, 2.45) is 16.6 Å². The molecule has 18 heteroatoms. The van der Waals surface area contributed by atoms with Gasteiger partial charge in [-0.05, 0) is 48.8 Å². The molecule has 0 spiro atoms. The largest absolute Gasteiger partial charge is 0.493 e. The molecule has 1 fully saturated rings. The van der Waals surface area contributed by atoms with Crippen LogP contribution in [-0.2, 0) is 34.5 Å². The van der Waals surface area contributed by atoms with E-state index in [-0.39, 0.29) is 69.4 Å². The highest BCUT2D eigenvalue weighted by Crippen LogP contribution is 2.32. The van der Waals surface area contributed by atoms with E-state index in [9.17, 15) is 21.6 Å². The average molecular weight is 688 g/mol. The van der Waals surface area contributed by atoms with E-state index in [2.05, 4.69) is 10.5 Å². The number of halogens is 2. The Kier molecular flexibility index (Phi) is 14.8. The molecule has 0 saturated carbocycles. The van der Waals surface area contributed by atoms with Gasteiger partial charge < -0.3 is 35.3 Å². The number of sulfonamides is 1. The summed E-state index contributed by atoms with van der Waals surface area (Å²) in [5.74, 6) is -0.630. The van der Waals surface area contributed by atoms with Gasteiger partial charge in [-0.3, -0.25) is 0 Å². The Bertz CT molecular complexity index is 1470. The summed E-state index contributed by atoms with van der Waals surface area (Å²) < 4.78 is 70.6. The van der Waals surface area contributed by atoms with E-state index in [1.165, 1.54) is 30.3 Å². The summed E-state index contributed by atoms with van der Waals surface area (Å²) in [5, 5.41) is 6.48. The summed E-state index contributed by atoms with van der Waals surface area (Å²) in [5.41, 5.74) is 11.0. The molecule has 1 saturated heterocycles. The van der Waals surface area contributed by atoms with Crippen LogP contribution in [0.1, 0.15) is 18.9 Å². The number of piperazine rings is 1. The molecule has 3 rings (SSSR count). The molecule has 5 N–H and O–H groups in total. The number of hydrogen-bond donors (Lipinski definition) is 3. The second-order valence-electron chi connectivity index (χ2n) is 9.21. The molecule has 0 unspecified atom stereocenters. The zero-order valence-electron chi connectivity index (χ0n) is 23.8. The number of nitrogens with zero attached hydrogens (tertiary/aromatic N) is 2. The molecule has 1 heterocycles. The molecule has 14 nitrogen and oxygen atoms in total. The van der Waals surface area contributed by atoms with Crippen LogP contribution in [0.5, 0.6) is 11.5 Å². The van der Waals surface area contributed by atoms with Crippen molar-refractivity contribution in [3.8, 4) is 11.5 Å². The first-order valence-corrected chi connectivity index (χ1v) is 15.7. The number of hydrogen-bond acceptors (Lipinski definition) is 11. The molecular weight excluding hydrogens is 649 g/mol. The van der Waals surface area contributed by atoms with Gasteiger partial charge in [-0.2, -0.15) is 16.8 Å². The van der Waals surface area contributed by atoms with Gasteiger partial charge in [0.05, 0.1) is 13.2 Å². The first-order valence-electron chi connectivity index (χ1n) is 12.9. The number of esters is 1. The monoisotopic (exact) mass is 686 g/mol. The first kappa shape index (κ1) is 38.0. The number of oxime groups is 1. The summed E-state index contributed by atoms with van der Waals surface area (Å²) in [4.78, 5) is 16.3. The van der Waals surface area contributed by atoms with Crippen LogP contribution in [0.15, 0.2) is 57.4 Å². The molecular formula is C25H38Cl2N5O9S2+. The van der Waals surface area contributed by atoms with Gasteiger partial charge in [0, 0.05) is 25.6 Å². The maximum Gasteiger partial charge on any atom is 0.362 e. The lowest BCUT2D eigenvalue weighted by Gasteiger charge is -2.39. The number of ether oxygens (including phenoxy) is 2. The van der Waals surface area contributed by atoms with Crippen LogP contribution < -0.4 is 25.7 Å². The third-order valence-corrected chi connectivity index (χ3v) is 9.93. The smallest absolute Gasteiger partial charge is 0.362 e. The zero-order chi connectivity index (χ0) is 30.1. The second-order valence-corrected chi connectivity index (χ2v) is 12.9. The Morgan fingerprint density at radius 3 is 2.23 bits per heavy atom. The molecule has 2 aromatic carbocycles. The van der Waals surface area contributed by atoms with E-state index in [4.69, 9.17) is 30.0 Å². The van der Waals surface area contributed by atoms with Gasteiger partial charge in [0.15, 0.2) is 6.54 Å². The topological polar surface area (TPSA) is 199 Å². The van der Waals surface area contributed by atoms with Crippen molar-refractivity contribution in [2.45, 2.75) is 30.1 Å². The SMILES string of the molecule is CCOC(=O)C[N+]1(S(=O)(=O)c2ccccc2S(=O)(=O)Oc2cc(C)cc(OCCCON=C(N)N)c2)CCNCC1.Cl.Cl. The van der Waals surface area contributed by atoms with E-state index in [1.807, 2.05) is 0 Å². The van der Waals surface area contributed by atoms with Crippen molar-refractivity contribution < 1.29 is 44.0 Å². The Morgan fingerprint density at radius 2 is 1.60 bits per heavy atom. The Morgan fingerprint density at radius 1 is 0.977 bits per heavy atom. The van der Waals surface area contributed by atoms with Crippen molar-refractivity contribution in [3.05, 3.63) is 48.0 Å². The molecule has 0 radical (unpaired) electrons. The van der Waals surface area contributed by atoms with E-state index in [1.54, 1.807) is 19.9 Å². The number of nitrogens with one attached hydrogen (secondary N) is 1. The Labute approximate surface area is 264 Å². The number of quaternary nitrogens is 1. The maximum absolute atomic E-state index is 14.1. The number of carbonyl (C=O) groups is 1. The highest BCUT2D eigenvalue weighted by molar-refractivity contribution is 7.89. The fraction of sp³-hybridized carbons (Fsp3) is 0.440. The summed E-state index contributed by atoms with van der Waals surface area (Å²) in [6.45, 7) is 4.11. The van der Waals surface area contributed by atoms with Gasteiger partial charge in [0.25, 0.3) is 0 Å². The van der Waals surface area contributed by atoms with Gasteiger partial charge in [0.1, 0.15) is 41.0 Å². The van der Waals surface area contributed by atoms with Crippen molar-refractivity contribution >= 4 is 56.9 Å². The third kappa shape index (κ3) is 10.0. The molecule has 0 aliphatic carbocycles. The highest BCUT2D eigenvalue weighted by Gasteiger charge is 2.48. The zero-order valence-corrected chi connectivity index (χ0v) is 27.0. The minimum atomic E-state index is -4.64. The predicted octanol–water partition coefficient (Wildman–Crippen LogP) is 1.25. The van der Waals surface area contributed by atoms with E-state index in [0.29, 0.717) is 30.8 Å². The molecule has 242 valence electrons. The summed E-state index contributed by atoms with van der Waals surface area (Å²) >= 11 is 0. The van der Waals surface area contributed by atoms with Gasteiger partial charge >= 0.3 is 26.1 Å². The number of guanidine groups is 1. The maximum atomic E-state index is 14.1. The second kappa shape index (κ2) is 16.7. The summed E-state index contributed by atoms with van der Waals surface area (Å²) in [6, 6.07) is 9.73. The van der Waals surface area contributed by atoms with Crippen molar-refractivity contribution in [3.63, 3.8) is 0 Å². The molecule has 1 aliphatic heterocycles. The van der Waals surface area contributed by atoms with Crippen LogP contribution in [-0.4, -0.2) is 85.2 Å². The van der Waals surface area contributed by atoms with E-state index < -0.39 is 46.3 Å². The Hall–Kier alpha value is -3.02. The van der Waals surface area contributed by atoms with Gasteiger partial charge in [-0.25, -0.2) is 8.68 Å². The fourth-order valence-electron chi connectivity index (χ4n) is 4.26. The normalized spacial score (nSPS) is 14.3. The molecule has 0 aromatic heterocycles. The van der Waals surface area contributed by atoms with Crippen LogP contribution in [0.4, 0.5) is 0 Å². The number of aryl methyl sites for hydroxylation is 1. The van der Waals surface area contributed by atoms with Gasteiger partial charge in [-0.15, -0.1) is 24.8 Å². The van der Waals surface area contributed by atoms with Crippen LogP contribution in [0.25, 0.3) is 0 Å². The lowest BCUT2D eigenvalue weighted by Crippen LogP contribution is -2.63. The Balaban J connectivity index is 0.00000462. The number of benzene rings is 2. The van der Waals surface area contributed by atoms with Crippen LogP contribution in [0.2, 0.25) is 0 Å². The van der Waals surface area contributed by atoms with Gasteiger partial charge in [-0.1, -0.05) is 12.1 Å².